The standard InChI is InChI=1S/C21H17FN4O2/c22-17-9-8-16(25-12-4-5-13-25)14-19(17)23-21(28)18-10-11-20(27)26(24-18)15-6-2-1-3-7-15/h1-9,12-14H,10-11H2,(H,23,28). The number of benzene rings is 2. The molecule has 0 unspecified atom stereocenters. The lowest BCUT2D eigenvalue weighted by atomic mass is 10.1. The van der Waals surface area contributed by atoms with Gasteiger partial charge in [0.05, 0.1) is 11.4 Å². The van der Waals surface area contributed by atoms with Crippen LogP contribution in [-0.4, -0.2) is 22.1 Å². The lowest BCUT2D eigenvalue weighted by Gasteiger charge is -2.23. The summed E-state index contributed by atoms with van der Waals surface area (Å²) in [6.07, 6.45) is 4.01. The van der Waals surface area contributed by atoms with Crippen LogP contribution in [-0.2, 0) is 9.59 Å². The molecular formula is C21H17FN4O2. The number of hydrazone groups is 1. The summed E-state index contributed by atoms with van der Waals surface area (Å²) < 4.78 is 16.0. The van der Waals surface area contributed by atoms with Crippen LogP contribution in [0.25, 0.3) is 5.69 Å². The molecule has 28 heavy (non-hydrogen) atoms. The second-order valence-corrected chi connectivity index (χ2v) is 6.30. The van der Waals surface area contributed by atoms with E-state index in [0.29, 0.717) is 11.4 Å². The fraction of sp³-hybridized carbons (Fsp3) is 0.0952. The average Bonchev–Trinajstić information content (AvgIpc) is 3.25. The van der Waals surface area contributed by atoms with Crippen LogP contribution in [0.4, 0.5) is 15.8 Å². The first kappa shape index (κ1) is 17.7. The molecule has 1 N–H and O–H groups in total. The Morgan fingerprint density at radius 3 is 2.46 bits per heavy atom. The van der Waals surface area contributed by atoms with Crippen LogP contribution in [0, 0.1) is 5.82 Å². The predicted molar refractivity (Wildman–Crippen MR) is 105 cm³/mol. The molecule has 2 amide bonds. The van der Waals surface area contributed by atoms with Crippen LogP contribution in [0.1, 0.15) is 12.8 Å². The molecule has 0 radical (unpaired) electrons. The third-order valence-corrected chi connectivity index (χ3v) is 4.40. The Morgan fingerprint density at radius 1 is 0.964 bits per heavy atom. The summed E-state index contributed by atoms with van der Waals surface area (Å²) in [7, 11) is 0. The third-order valence-electron chi connectivity index (χ3n) is 4.40. The molecule has 0 fully saturated rings. The molecule has 0 spiro atoms. The number of hydrogen-bond donors (Lipinski definition) is 1. The topological polar surface area (TPSA) is 66.7 Å². The second-order valence-electron chi connectivity index (χ2n) is 6.30. The zero-order valence-electron chi connectivity index (χ0n) is 14.9. The molecule has 1 aliphatic rings. The summed E-state index contributed by atoms with van der Waals surface area (Å²) in [5, 5.41) is 7.98. The molecule has 0 bridgehead atoms. The first-order valence-corrected chi connectivity index (χ1v) is 8.81. The van der Waals surface area contributed by atoms with Gasteiger partial charge < -0.3 is 9.88 Å². The Balaban J connectivity index is 1.58. The van der Waals surface area contributed by atoms with Gasteiger partial charge in [0, 0.05) is 30.9 Å². The van der Waals surface area contributed by atoms with E-state index in [0.717, 1.165) is 0 Å². The van der Waals surface area contributed by atoms with Gasteiger partial charge in [-0.05, 0) is 42.5 Å². The highest BCUT2D eigenvalue weighted by molar-refractivity contribution is 6.44. The Labute approximate surface area is 160 Å². The molecule has 6 nitrogen and oxygen atoms in total. The van der Waals surface area contributed by atoms with E-state index in [9.17, 15) is 14.0 Å². The molecule has 0 aliphatic carbocycles. The maximum atomic E-state index is 14.2. The summed E-state index contributed by atoms with van der Waals surface area (Å²) in [5.74, 6) is -1.27. The molecular weight excluding hydrogens is 359 g/mol. The Bertz CT molecular complexity index is 1050. The van der Waals surface area contributed by atoms with Crippen molar-refractivity contribution in [2.45, 2.75) is 12.8 Å². The van der Waals surface area contributed by atoms with E-state index < -0.39 is 11.7 Å². The quantitative estimate of drug-likeness (QED) is 0.754. The van der Waals surface area contributed by atoms with Gasteiger partial charge in [-0.1, -0.05) is 18.2 Å². The molecule has 1 aliphatic heterocycles. The van der Waals surface area contributed by atoms with Crippen molar-refractivity contribution in [2.24, 2.45) is 5.10 Å². The summed E-state index contributed by atoms with van der Waals surface area (Å²) in [6.45, 7) is 0. The SMILES string of the molecule is O=C(Nc1cc(-n2cccc2)ccc1F)C1=NN(c2ccccc2)C(=O)CC1. The van der Waals surface area contributed by atoms with Gasteiger partial charge in [0.2, 0.25) is 5.91 Å². The van der Waals surface area contributed by atoms with Crippen molar-refractivity contribution >= 4 is 28.9 Å². The van der Waals surface area contributed by atoms with Crippen LogP contribution >= 0.6 is 0 Å². The van der Waals surface area contributed by atoms with E-state index in [1.165, 1.54) is 11.1 Å². The van der Waals surface area contributed by atoms with E-state index >= 15 is 0 Å². The highest BCUT2D eigenvalue weighted by Crippen LogP contribution is 2.22. The number of nitrogens with one attached hydrogen (secondary N) is 1. The number of rotatable bonds is 4. The fourth-order valence-electron chi connectivity index (χ4n) is 2.96. The monoisotopic (exact) mass is 376 g/mol. The lowest BCUT2D eigenvalue weighted by Crippen LogP contribution is -2.36. The minimum absolute atomic E-state index is 0.0575. The van der Waals surface area contributed by atoms with E-state index in [1.807, 2.05) is 35.2 Å². The van der Waals surface area contributed by atoms with Crippen LogP contribution in [0.5, 0.6) is 0 Å². The molecule has 140 valence electrons. The smallest absolute Gasteiger partial charge is 0.271 e. The molecule has 2 aromatic carbocycles. The Hall–Kier alpha value is -3.74. The van der Waals surface area contributed by atoms with Crippen LogP contribution in [0.15, 0.2) is 78.2 Å². The van der Waals surface area contributed by atoms with Gasteiger partial charge in [-0.25, -0.2) is 9.40 Å². The number of anilines is 2. The third kappa shape index (κ3) is 3.55. The second kappa shape index (κ2) is 7.48. The Kier molecular flexibility index (Phi) is 4.72. The number of carbonyl (C=O) groups is 2. The van der Waals surface area contributed by atoms with Crippen molar-refractivity contribution in [1.82, 2.24) is 4.57 Å². The van der Waals surface area contributed by atoms with Crippen molar-refractivity contribution in [2.75, 3.05) is 10.3 Å². The van der Waals surface area contributed by atoms with Crippen molar-refractivity contribution in [3.05, 3.63) is 78.9 Å². The minimum atomic E-state index is -0.545. The maximum absolute atomic E-state index is 14.2. The highest BCUT2D eigenvalue weighted by Gasteiger charge is 2.26. The molecule has 7 heteroatoms. The van der Waals surface area contributed by atoms with Crippen molar-refractivity contribution in [3.8, 4) is 5.69 Å². The van der Waals surface area contributed by atoms with Gasteiger partial charge in [0.25, 0.3) is 5.91 Å². The largest absolute Gasteiger partial charge is 0.324 e. The average molecular weight is 376 g/mol. The zero-order valence-corrected chi connectivity index (χ0v) is 14.9. The number of para-hydroxylation sites is 1. The molecule has 0 saturated carbocycles. The maximum Gasteiger partial charge on any atom is 0.271 e. The minimum Gasteiger partial charge on any atom is -0.324 e. The first-order chi connectivity index (χ1) is 13.6. The summed E-state index contributed by atoms with van der Waals surface area (Å²) in [4.78, 5) is 24.8. The van der Waals surface area contributed by atoms with Gasteiger partial charge in [0.15, 0.2) is 0 Å². The molecule has 0 saturated heterocycles. The number of hydrogen-bond acceptors (Lipinski definition) is 3. The van der Waals surface area contributed by atoms with Gasteiger partial charge in [-0.15, -0.1) is 0 Å². The van der Waals surface area contributed by atoms with Gasteiger partial charge in [-0.3, -0.25) is 9.59 Å². The van der Waals surface area contributed by atoms with E-state index in [4.69, 9.17) is 0 Å². The van der Waals surface area contributed by atoms with E-state index in [-0.39, 0.29) is 30.1 Å². The fourth-order valence-corrected chi connectivity index (χ4v) is 2.96. The Morgan fingerprint density at radius 2 is 1.71 bits per heavy atom. The molecule has 2 heterocycles. The molecule has 3 aromatic rings. The van der Waals surface area contributed by atoms with Crippen molar-refractivity contribution in [1.29, 1.82) is 0 Å². The van der Waals surface area contributed by atoms with Crippen molar-refractivity contribution < 1.29 is 14.0 Å². The predicted octanol–water partition coefficient (Wildman–Crippen LogP) is 3.74. The number of carbonyl (C=O) groups excluding carboxylic acids is 2. The first-order valence-electron chi connectivity index (χ1n) is 8.81. The highest BCUT2D eigenvalue weighted by atomic mass is 19.1. The summed E-state index contributed by atoms with van der Waals surface area (Å²) in [5.41, 5.74) is 1.53. The normalized spacial score (nSPS) is 14.0. The number of aromatic nitrogens is 1. The van der Waals surface area contributed by atoms with E-state index in [2.05, 4.69) is 10.4 Å². The summed E-state index contributed by atoms with van der Waals surface area (Å²) in [6, 6.07) is 17.1. The number of nitrogens with zero attached hydrogens (tertiary/aromatic N) is 3. The van der Waals surface area contributed by atoms with Crippen LogP contribution in [0.2, 0.25) is 0 Å². The summed E-state index contributed by atoms with van der Waals surface area (Å²) >= 11 is 0. The van der Waals surface area contributed by atoms with Gasteiger partial charge in [-0.2, -0.15) is 5.10 Å². The van der Waals surface area contributed by atoms with Crippen LogP contribution < -0.4 is 10.3 Å². The zero-order chi connectivity index (χ0) is 19.5. The number of amides is 2. The lowest BCUT2D eigenvalue weighted by molar-refractivity contribution is -0.118. The molecule has 4 rings (SSSR count). The van der Waals surface area contributed by atoms with Crippen LogP contribution in [0.3, 0.4) is 0 Å². The van der Waals surface area contributed by atoms with Gasteiger partial charge in [0.1, 0.15) is 11.5 Å². The van der Waals surface area contributed by atoms with Gasteiger partial charge >= 0.3 is 0 Å². The van der Waals surface area contributed by atoms with Crippen molar-refractivity contribution in [3.63, 3.8) is 0 Å². The van der Waals surface area contributed by atoms with E-state index in [1.54, 1.807) is 36.4 Å². The molecule has 0 atom stereocenters. The molecule has 1 aromatic heterocycles. The number of halogens is 1.